The van der Waals surface area contributed by atoms with Crippen LogP contribution in [-0.4, -0.2) is 19.5 Å². The molecule has 1 aromatic carbocycles. The van der Waals surface area contributed by atoms with Crippen molar-refractivity contribution in [2.45, 2.75) is 55.4 Å². The molecule has 4 nitrogen and oxygen atoms in total. The number of rotatable bonds is 4. The molecule has 0 atom stereocenters. The van der Waals surface area contributed by atoms with E-state index in [2.05, 4.69) is 26.7 Å². The van der Waals surface area contributed by atoms with Crippen LogP contribution in [0.3, 0.4) is 0 Å². The molecule has 156 valence electrons. The summed E-state index contributed by atoms with van der Waals surface area (Å²) < 4.78 is 2.06. The van der Waals surface area contributed by atoms with Crippen molar-refractivity contribution >= 4 is 16.9 Å². The molecule has 0 aliphatic carbocycles. The van der Waals surface area contributed by atoms with Crippen molar-refractivity contribution in [2.75, 3.05) is 0 Å². The van der Waals surface area contributed by atoms with Gasteiger partial charge in [0.25, 0.3) is 0 Å². The average Bonchev–Trinajstić information content (AvgIpc) is 3.21. The largest absolute Gasteiger partial charge is 0.277 e. The van der Waals surface area contributed by atoms with Crippen LogP contribution >= 0.6 is 0 Å². The lowest BCUT2D eigenvalue weighted by atomic mass is 10.2. The summed E-state index contributed by atoms with van der Waals surface area (Å²) in [4.78, 5) is 13.3. The minimum absolute atomic E-state index is 0.780. The van der Waals surface area contributed by atoms with Gasteiger partial charge in [0.1, 0.15) is 17.7 Å². The van der Waals surface area contributed by atoms with Crippen molar-refractivity contribution < 1.29 is 0 Å². The number of allylic oxidation sites excluding steroid dienone is 6. The molecular formula is C25H36N4. The molecule has 0 fully saturated rings. The molecule has 2 heterocycles. The summed E-state index contributed by atoms with van der Waals surface area (Å²) in [5, 5.41) is 0. The molecule has 29 heavy (non-hydrogen) atoms. The lowest BCUT2D eigenvalue weighted by Crippen LogP contribution is -1.99. The van der Waals surface area contributed by atoms with E-state index in [1.807, 2.05) is 104 Å². The maximum Gasteiger partial charge on any atom is 0.168 e. The Kier molecular flexibility index (Phi) is 14.3. The van der Waals surface area contributed by atoms with E-state index in [0.29, 0.717) is 0 Å². The van der Waals surface area contributed by atoms with E-state index in [1.54, 1.807) is 12.5 Å². The molecule has 0 bridgehead atoms. The Labute approximate surface area is 176 Å². The number of imidazole rings is 1. The molecule has 0 radical (unpaired) electrons. The number of nitrogens with zero attached hydrogens (tertiary/aromatic N) is 4. The third-order valence-corrected chi connectivity index (χ3v) is 3.41. The monoisotopic (exact) mass is 392 g/mol. The predicted octanol–water partition coefficient (Wildman–Crippen LogP) is 7.57. The van der Waals surface area contributed by atoms with E-state index in [4.69, 9.17) is 4.98 Å². The predicted molar refractivity (Wildman–Crippen MR) is 129 cm³/mol. The second kappa shape index (κ2) is 16.0. The van der Waals surface area contributed by atoms with E-state index >= 15 is 0 Å². The molecule has 3 aromatic rings. The number of hydrogen-bond donors (Lipinski definition) is 0. The van der Waals surface area contributed by atoms with Gasteiger partial charge >= 0.3 is 0 Å². The quantitative estimate of drug-likeness (QED) is 0.430. The molecule has 0 saturated carbocycles. The summed E-state index contributed by atoms with van der Waals surface area (Å²) in [6.45, 7) is 16.0. The zero-order chi connectivity index (χ0) is 22.1. The topological polar surface area (TPSA) is 43.6 Å². The van der Waals surface area contributed by atoms with Crippen molar-refractivity contribution in [1.82, 2.24) is 19.5 Å². The molecule has 0 aliphatic rings. The highest BCUT2D eigenvalue weighted by molar-refractivity contribution is 5.83. The van der Waals surface area contributed by atoms with Gasteiger partial charge in [-0.05, 0) is 26.0 Å². The Balaban J connectivity index is 0.00000120. The fourth-order valence-electron chi connectivity index (χ4n) is 2.43. The highest BCUT2D eigenvalue weighted by atomic mass is 15.1. The van der Waals surface area contributed by atoms with Crippen LogP contribution in [-0.2, 0) is 0 Å². The van der Waals surface area contributed by atoms with Crippen LogP contribution < -0.4 is 0 Å². The number of aromatic nitrogens is 4. The third kappa shape index (κ3) is 7.15. The minimum atomic E-state index is 0.780. The summed E-state index contributed by atoms with van der Waals surface area (Å²) in [6, 6.07) is 10.1. The lowest BCUT2D eigenvalue weighted by Gasteiger charge is -2.09. The van der Waals surface area contributed by atoms with Gasteiger partial charge in [0.05, 0.1) is 6.20 Å². The van der Waals surface area contributed by atoms with Crippen molar-refractivity contribution in [3.63, 3.8) is 0 Å². The summed E-state index contributed by atoms with van der Waals surface area (Å²) in [6.07, 6.45) is 13.4. The molecular weight excluding hydrogens is 356 g/mol. The Morgan fingerprint density at radius 2 is 1.55 bits per heavy atom. The molecule has 0 unspecified atom stereocenters. The average molecular weight is 393 g/mol. The molecule has 2 aromatic heterocycles. The Morgan fingerprint density at radius 3 is 2.14 bits per heavy atom. The van der Waals surface area contributed by atoms with Gasteiger partial charge < -0.3 is 0 Å². The van der Waals surface area contributed by atoms with E-state index in [-0.39, 0.29) is 0 Å². The van der Waals surface area contributed by atoms with Crippen LogP contribution in [0, 0.1) is 0 Å². The van der Waals surface area contributed by atoms with Gasteiger partial charge in [-0.2, -0.15) is 0 Å². The first-order valence-corrected chi connectivity index (χ1v) is 10.5. The maximum absolute atomic E-state index is 4.73. The normalized spacial score (nSPS) is 10.7. The first-order valence-electron chi connectivity index (χ1n) is 10.5. The molecule has 0 spiro atoms. The Hall–Kier alpha value is -3.01. The van der Waals surface area contributed by atoms with Crippen molar-refractivity contribution in [3.8, 4) is 11.4 Å². The van der Waals surface area contributed by atoms with Crippen molar-refractivity contribution in [3.05, 3.63) is 73.2 Å². The van der Waals surface area contributed by atoms with E-state index in [0.717, 1.165) is 28.2 Å². The summed E-state index contributed by atoms with van der Waals surface area (Å²) in [7, 11) is 0. The zero-order valence-corrected chi connectivity index (χ0v) is 19.2. The van der Waals surface area contributed by atoms with Crippen LogP contribution in [0.15, 0.2) is 73.2 Å². The first kappa shape index (κ1) is 26.0. The zero-order valence-electron chi connectivity index (χ0n) is 19.2. The van der Waals surface area contributed by atoms with E-state index < -0.39 is 0 Å². The standard InChI is InChI=1S/C19H18N4.3C2H6/c1-3-5-12-16(9-4-2)23-18(15-10-7-6-8-11-15)22-17-13-20-14-21-19(17)23;3*1-2/h3-14H,1-2H3;3*1-2H3/b5-3-,9-4-,16-12+;;;. The number of benzene rings is 1. The third-order valence-electron chi connectivity index (χ3n) is 3.41. The fourth-order valence-corrected chi connectivity index (χ4v) is 2.43. The highest BCUT2D eigenvalue weighted by Crippen LogP contribution is 2.27. The maximum atomic E-state index is 4.73. The highest BCUT2D eigenvalue weighted by Gasteiger charge is 2.15. The van der Waals surface area contributed by atoms with Gasteiger partial charge in [0.15, 0.2) is 5.65 Å². The second-order valence-electron chi connectivity index (χ2n) is 4.99. The Bertz CT molecular complexity index is 888. The summed E-state index contributed by atoms with van der Waals surface area (Å²) in [5.74, 6) is 0.856. The van der Waals surface area contributed by atoms with Crippen LogP contribution in [0.25, 0.3) is 28.2 Å². The molecule has 4 heteroatoms. The van der Waals surface area contributed by atoms with E-state index in [1.165, 1.54) is 0 Å². The number of fused-ring (bicyclic) bond motifs is 1. The van der Waals surface area contributed by atoms with Gasteiger partial charge in [0.2, 0.25) is 0 Å². The van der Waals surface area contributed by atoms with Crippen LogP contribution in [0.4, 0.5) is 0 Å². The molecule has 0 N–H and O–H groups in total. The SMILES string of the molecule is CC.CC.CC.C\C=C/C=C(\C=C/C)n1c(-c2ccccc2)nc2cncnc21. The van der Waals surface area contributed by atoms with Crippen LogP contribution in [0.1, 0.15) is 55.4 Å². The summed E-state index contributed by atoms with van der Waals surface area (Å²) >= 11 is 0. The van der Waals surface area contributed by atoms with Crippen LogP contribution in [0.2, 0.25) is 0 Å². The number of hydrogen-bond acceptors (Lipinski definition) is 3. The smallest absolute Gasteiger partial charge is 0.168 e. The van der Waals surface area contributed by atoms with Gasteiger partial charge in [-0.1, -0.05) is 90.1 Å². The second-order valence-corrected chi connectivity index (χ2v) is 4.99. The lowest BCUT2D eigenvalue weighted by molar-refractivity contribution is 1.10. The molecule has 0 amide bonds. The van der Waals surface area contributed by atoms with Gasteiger partial charge in [-0.15, -0.1) is 0 Å². The fraction of sp³-hybridized carbons (Fsp3) is 0.320. The first-order chi connectivity index (χ1) is 14.3. The molecule has 0 saturated heterocycles. The molecule has 0 aliphatic heterocycles. The van der Waals surface area contributed by atoms with Crippen molar-refractivity contribution in [2.24, 2.45) is 0 Å². The van der Waals surface area contributed by atoms with Crippen molar-refractivity contribution in [1.29, 1.82) is 0 Å². The van der Waals surface area contributed by atoms with Gasteiger partial charge in [-0.25, -0.2) is 15.0 Å². The van der Waals surface area contributed by atoms with E-state index in [9.17, 15) is 0 Å². The van der Waals surface area contributed by atoms with Gasteiger partial charge in [-0.3, -0.25) is 4.57 Å². The summed E-state index contributed by atoms with van der Waals surface area (Å²) in [5.41, 5.74) is 3.63. The Morgan fingerprint density at radius 1 is 0.897 bits per heavy atom. The van der Waals surface area contributed by atoms with Crippen LogP contribution in [0.5, 0.6) is 0 Å². The molecule has 3 rings (SSSR count). The van der Waals surface area contributed by atoms with Gasteiger partial charge in [0, 0.05) is 11.3 Å². The minimum Gasteiger partial charge on any atom is -0.277 e.